The minimum absolute atomic E-state index is 0.0111. The first-order valence-electron chi connectivity index (χ1n) is 15.2. The van der Waals surface area contributed by atoms with Gasteiger partial charge in [-0.2, -0.15) is 22.9 Å². The van der Waals surface area contributed by atoms with Gasteiger partial charge in [0.15, 0.2) is 7.37 Å². The SMILES string of the molecule is COc1cc(OC)n2nc(S(=O)(=O)Nc3c(Cl)ccc(C)c3Cl)nc2n1.CP(=O)(O)CCC(N)C(=O)O.Nc1c([N+](=O)[O-])ccc(Oc2ccccc2)c1Cl. The number of fused-ring (bicyclic) bond motifs is 1. The van der Waals surface area contributed by atoms with Crippen molar-refractivity contribution in [2.45, 2.75) is 24.5 Å². The number of carbonyl (C=O) groups is 1. The van der Waals surface area contributed by atoms with Gasteiger partial charge in [-0.25, -0.2) is 0 Å². The Bertz CT molecular complexity index is 2330. The number of aliphatic carboxylic acids is 1. The summed E-state index contributed by atoms with van der Waals surface area (Å²) in [5.41, 5.74) is 11.0. The number of carboxylic acid groups (broad SMARTS) is 1. The molecule has 0 saturated carbocycles. The Labute approximate surface area is 328 Å². The Balaban J connectivity index is 0.000000243. The fourth-order valence-corrected chi connectivity index (χ4v) is 6.51. The Kier molecular flexibility index (Phi) is 15.4. The first-order valence-corrected chi connectivity index (χ1v) is 20.2. The molecule has 5 rings (SSSR count). The van der Waals surface area contributed by atoms with Gasteiger partial charge in [-0.3, -0.25) is 24.2 Å². The van der Waals surface area contributed by atoms with Crippen LogP contribution in [0.25, 0.3) is 5.78 Å². The summed E-state index contributed by atoms with van der Waals surface area (Å²) in [5.74, 6) is 0.107. The molecule has 0 spiro atoms. The third-order valence-corrected chi connectivity index (χ3v) is 10.3. The third-order valence-electron chi connectivity index (χ3n) is 6.88. The maximum Gasteiger partial charge on any atom is 0.320 e. The highest BCUT2D eigenvalue weighted by Crippen LogP contribution is 2.39. The van der Waals surface area contributed by atoms with Gasteiger partial charge in [-0.05, 0) is 43.2 Å². The van der Waals surface area contributed by atoms with E-state index in [9.17, 15) is 27.9 Å². The number of sulfonamides is 1. The van der Waals surface area contributed by atoms with Crippen molar-refractivity contribution in [3.8, 4) is 23.3 Å². The molecule has 2 heterocycles. The number of nitro groups is 1. The molecule has 24 heteroatoms. The number of nitrogens with one attached hydrogen (secondary N) is 1. The number of nitro benzene ring substituents is 1. The summed E-state index contributed by atoms with van der Waals surface area (Å²) >= 11 is 18.1. The normalized spacial score (nSPS) is 12.5. The second kappa shape index (κ2) is 19.1. The lowest BCUT2D eigenvalue weighted by atomic mass is 10.2. The first kappa shape index (κ1) is 44.4. The Morgan fingerprint density at radius 2 is 1.73 bits per heavy atom. The minimum atomic E-state index is -4.18. The van der Waals surface area contributed by atoms with Gasteiger partial charge in [0.05, 0.1) is 40.9 Å². The molecular weight excluding hydrogens is 830 g/mol. The molecule has 7 N–H and O–H groups in total. The topological polar surface area (TPSA) is 287 Å². The molecule has 0 aliphatic carbocycles. The van der Waals surface area contributed by atoms with Crippen molar-refractivity contribution in [1.29, 1.82) is 0 Å². The summed E-state index contributed by atoms with van der Waals surface area (Å²) in [5, 5.41) is 22.7. The highest BCUT2D eigenvalue weighted by molar-refractivity contribution is 7.92. The van der Waals surface area contributed by atoms with Crippen LogP contribution in [0, 0.1) is 17.0 Å². The van der Waals surface area contributed by atoms with Gasteiger partial charge in [-0.1, -0.05) is 59.1 Å². The molecule has 296 valence electrons. The van der Waals surface area contributed by atoms with E-state index < -0.39 is 39.5 Å². The maximum atomic E-state index is 12.7. The van der Waals surface area contributed by atoms with Crippen LogP contribution in [0.1, 0.15) is 12.0 Å². The average molecular weight is 864 g/mol. The number of nitrogens with zero attached hydrogens (tertiary/aromatic N) is 5. The second-order valence-electron chi connectivity index (χ2n) is 11.1. The van der Waals surface area contributed by atoms with Gasteiger partial charge in [0, 0.05) is 18.9 Å². The fraction of sp³-hybridized carbons (Fsp3) is 0.226. The van der Waals surface area contributed by atoms with Crippen molar-refractivity contribution in [1.82, 2.24) is 19.6 Å². The molecule has 2 unspecified atom stereocenters. The molecule has 55 heavy (non-hydrogen) atoms. The lowest BCUT2D eigenvalue weighted by Gasteiger charge is -2.10. The van der Waals surface area contributed by atoms with Crippen molar-refractivity contribution in [3.05, 3.63) is 91.4 Å². The monoisotopic (exact) mass is 862 g/mol. The number of methoxy groups -OCH3 is 2. The number of hydrogen-bond donors (Lipinski definition) is 5. The lowest BCUT2D eigenvalue weighted by Crippen LogP contribution is -2.30. The Morgan fingerprint density at radius 1 is 1.07 bits per heavy atom. The number of carboxylic acids is 1. The number of aromatic nitrogens is 4. The molecule has 0 aliphatic heterocycles. The van der Waals surface area contributed by atoms with Crippen LogP contribution in [0.2, 0.25) is 15.1 Å². The smallest absolute Gasteiger partial charge is 0.320 e. The van der Waals surface area contributed by atoms with Crippen LogP contribution in [0.4, 0.5) is 17.1 Å². The number of ether oxygens (including phenoxy) is 3. The Morgan fingerprint density at radius 3 is 2.29 bits per heavy atom. The number of rotatable bonds is 12. The van der Waals surface area contributed by atoms with Gasteiger partial charge in [0.1, 0.15) is 28.3 Å². The van der Waals surface area contributed by atoms with Crippen LogP contribution >= 0.6 is 42.2 Å². The van der Waals surface area contributed by atoms with Gasteiger partial charge < -0.3 is 35.7 Å². The summed E-state index contributed by atoms with van der Waals surface area (Å²) < 4.78 is 55.1. The van der Waals surface area contributed by atoms with Crippen molar-refractivity contribution >= 4 is 81.0 Å². The summed E-state index contributed by atoms with van der Waals surface area (Å²) in [4.78, 5) is 36.9. The van der Waals surface area contributed by atoms with E-state index in [0.717, 1.165) is 4.52 Å². The molecular formula is C31H34Cl3N8O11PS. The summed E-state index contributed by atoms with van der Waals surface area (Å²) in [7, 11) is -4.47. The van der Waals surface area contributed by atoms with Crippen molar-refractivity contribution < 1.29 is 46.9 Å². The minimum Gasteiger partial charge on any atom is -0.481 e. The van der Waals surface area contributed by atoms with Gasteiger partial charge in [0.25, 0.3) is 26.6 Å². The lowest BCUT2D eigenvalue weighted by molar-refractivity contribution is -0.383. The van der Waals surface area contributed by atoms with Gasteiger partial charge in [0.2, 0.25) is 11.8 Å². The maximum absolute atomic E-state index is 12.7. The van der Waals surface area contributed by atoms with Crippen LogP contribution < -0.4 is 30.4 Å². The predicted octanol–water partition coefficient (Wildman–Crippen LogP) is 5.87. The zero-order valence-corrected chi connectivity index (χ0v) is 33.2. The van der Waals surface area contributed by atoms with E-state index in [4.69, 9.17) is 70.5 Å². The molecule has 2 atom stereocenters. The van der Waals surface area contributed by atoms with Crippen LogP contribution in [-0.2, 0) is 19.4 Å². The zero-order valence-electron chi connectivity index (χ0n) is 29.2. The number of aryl methyl sites for hydroxylation is 1. The van der Waals surface area contributed by atoms with Crippen LogP contribution in [0.5, 0.6) is 23.3 Å². The predicted molar refractivity (Wildman–Crippen MR) is 206 cm³/mol. The number of nitrogen functional groups attached to an aromatic ring is 1. The van der Waals surface area contributed by atoms with Crippen molar-refractivity contribution in [2.24, 2.45) is 5.73 Å². The second-order valence-corrected chi connectivity index (χ2v) is 16.4. The third kappa shape index (κ3) is 12.3. The molecule has 0 bridgehead atoms. The quantitative estimate of drug-likeness (QED) is 0.0424. The average Bonchev–Trinajstić information content (AvgIpc) is 3.58. The van der Waals surface area contributed by atoms with E-state index in [-0.39, 0.29) is 68.0 Å². The standard InChI is InChI=1S/C14H13Cl2N5O4S.C12H9ClN2O3.C5H12NO4P/c1-7-4-5-8(15)12(11(7)16)20-26(22,23)14-18-13-17-9(24-2)6-10(25-3)21(13)19-14;13-11-10(18-8-4-2-1-3-5-8)7-6-9(12(11)14)15(16)17;1-11(9,10)3-2-4(6)5(7)8/h4-6,20H,1-3H3;1-7H,14H2;4H,2-3,6H2,1H3,(H,7,8)(H,9,10). The Hall–Kier alpha value is -4.95. The van der Waals surface area contributed by atoms with Gasteiger partial charge >= 0.3 is 5.97 Å². The summed E-state index contributed by atoms with van der Waals surface area (Å²) in [6.07, 6.45) is 0.0000772. The molecule has 0 aliphatic rings. The van der Waals surface area contributed by atoms with E-state index in [1.54, 1.807) is 37.3 Å². The van der Waals surface area contributed by atoms with E-state index in [1.807, 2.05) is 6.07 Å². The number of halogens is 3. The zero-order chi connectivity index (χ0) is 41.2. The van der Waals surface area contributed by atoms with E-state index in [0.29, 0.717) is 11.3 Å². The molecule has 3 aromatic carbocycles. The molecule has 0 amide bonds. The number of benzene rings is 3. The summed E-state index contributed by atoms with van der Waals surface area (Å²) in [6.45, 7) is 2.91. The molecule has 2 aromatic heterocycles. The molecule has 0 saturated heterocycles. The largest absolute Gasteiger partial charge is 0.481 e. The fourth-order valence-electron chi connectivity index (χ4n) is 4.02. The van der Waals surface area contributed by atoms with E-state index in [1.165, 1.54) is 45.1 Å². The molecule has 5 aromatic rings. The first-order chi connectivity index (χ1) is 25.7. The highest BCUT2D eigenvalue weighted by Gasteiger charge is 2.26. The number of nitrogens with two attached hydrogens (primary N) is 2. The highest BCUT2D eigenvalue weighted by atomic mass is 35.5. The van der Waals surface area contributed by atoms with Crippen molar-refractivity contribution in [3.63, 3.8) is 0 Å². The van der Waals surface area contributed by atoms with Crippen molar-refractivity contribution in [2.75, 3.05) is 37.5 Å². The van der Waals surface area contributed by atoms with Crippen LogP contribution in [0.3, 0.4) is 0 Å². The summed E-state index contributed by atoms with van der Waals surface area (Å²) in [6, 6.07) is 15.2. The van der Waals surface area contributed by atoms with Crippen LogP contribution in [0.15, 0.2) is 65.8 Å². The van der Waals surface area contributed by atoms with Crippen LogP contribution in [-0.4, -0.2) is 82.0 Å². The van der Waals surface area contributed by atoms with Gasteiger partial charge in [-0.15, -0.1) is 5.10 Å². The molecule has 0 radical (unpaired) electrons. The molecule has 19 nitrogen and oxygen atoms in total. The molecule has 0 fully saturated rings. The van der Waals surface area contributed by atoms with E-state index >= 15 is 0 Å². The number of para-hydroxylation sites is 1. The number of hydrogen-bond acceptors (Lipinski definition) is 14. The van der Waals surface area contributed by atoms with E-state index in [2.05, 4.69) is 19.8 Å². The number of anilines is 2.